The lowest BCUT2D eigenvalue weighted by molar-refractivity contribution is 0.0532. The Balaban J connectivity index is 2.80. The number of nitrogens with zero attached hydrogens (tertiary/aromatic N) is 3. The summed E-state index contributed by atoms with van der Waals surface area (Å²) in [6.45, 7) is 3.90. The van der Waals surface area contributed by atoms with Gasteiger partial charge in [0.1, 0.15) is 4.88 Å². The van der Waals surface area contributed by atoms with Gasteiger partial charge in [-0.05, 0) is 24.6 Å². The Bertz CT molecular complexity index is 396. The number of ether oxygens (including phenoxy) is 1. The Labute approximate surface area is 91.3 Å². The Morgan fingerprint density at radius 1 is 1.73 bits per heavy atom. The zero-order valence-electron chi connectivity index (χ0n) is 8.51. The van der Waals surface area contributed by atoms with E-state index in [2.05, 4.69) is 10.0 Å². The molecule has 0 radical (unpaired) electrons. The molecule has 0 N–H and O–H groups in total. The van der Waals surface area contributed by atoms with Crippen LogP contribution in [0.2, 0.25) is 0 Å². The van der Waals surface area contributed by atoms with E-state index < -0.39 is 0 Å². The van der Waals surface area contributed by atoms with Gasteiger partial charge >= 0.3 is 5.97 Å². The minimum atomic E-state index is -0.332. The molecule has 0 amide bonds. The number of thiophene rings is 1. The summed E-state index contributed by atoms with van der Waals surface area (Å²) in [7, 11) is 0. The Morgan fingerprint density at radius 3 is 3.07 bits per heavy atom. The molecular formula is C9H11N3O2S. The number of carbonyl (C=O) groups excluding carboxylic acids is 1. The lowest BCUT2D eigenvalue weighted by Crippen LogP contribution is -2.01. The molecule has 0 aliphatic carbocycles. The van der Waals surface area contributed by atoms with Gasteiger partial charge in [-0.1, -0.05) is 12.0 Å². The van der Waals surface area contributed by atoms with Crippen molar-refractivity contribution in [2.24, 2.45) is 5.11 Å². The summed E-state index contributed by atoms with van der Waals surface area (Å²) in [6, 6.07) is 3.21. The molecule has 0 saturated carbocycles. The summed E-state index contributed by atoms with van der Waals surface area (Å²) in [4.78, 5) is 15.4. The van der Waals surface area contributed by atoms with Crippen LogP contribution in [0.25, 0.3) is 10.4 Å². The van der Waals surface area contributed by atoms with E-state index in [9.17, 15) is 4.79 Å². The van der Waals surface area contributed by atoms with Gasteiger partial charge in [0.25, 0.3) is 0 Å². The normalized spacial score (nSPS) is 11.6. The maximum Gasteiger partial charge on any atom is 0.348 e. The van der Waals surface area contributed by atoms with Crippen LogP contribution < -0.4 is 0 Å². The second-order valence-electron chi connectivity index (χ2n) is 2.80. The molecule has 6 heteroatoms. The maximum atomic E-state index is 11.3. The molecule has 0 saturated heterocycles. The summed E-state index contributed by atoms with van der Waals surface area (Å²) in [5, 5.41) is 3.55. The molecule has 1 atom stereocenters. The standard InChI is InChI=1S/C9H11N3O2S/c1-3-14-9(13)8-5-4-7(15-8)6(2)11-12-10/h4-6H,3H2,1-2H3. The highest BCUT2D eigenvalue weighted by Gasteiger charge is 2.12. The quantitative estimate of drug-likeness (QED) is 0.341. The molecule has 1 rings (SSSR count). The molecule has 15 heavy (non-hydrogen) atoms. The van der Waals surface area contributed by atoms with Crippen molar-refractivity contribution in [2.75, 3.05) is 6.61 Å². The van der Waals surface area contributed by atoms with Gasteiger partial charge < -0.3 is 4.74 Å². The summed E-state index contributed by atoms with van der Waals surface area (Å²) in [5.41, 5.74) is 8.27. The predicted octanol–water partition coefficient (Wildman–Crippen LogP) is 3.30. The van der Waals surface area contributed by atoms with E-state index in [0.29, 0.717) is 11.5 Å². The van der Waals surface area contributed by atoms with E-state index in [1.165, 1.54) is 11.3 Å². The molecular weight excluding hydrogens is 214 g/mol. The molecule has 0 aliphatic rings. The largest absolute Gasteiger partial charge is 0.462 e. The lowest BCUT2D eigenvalue weighted by Gasteiger charge is -1.99. The van der Waals surface area contributed by atoms with Gasteiger partial charge in [-0.3, -0.25) is 0 Å². The van der Waals surface area contributed by atoms with Crippen molar-refractivity contribution in [3.05, 3.63) is 32.3 Å². The molecule has 1 aromatic rings. The number of carbonyl (C=O) groups is 1. The summed E-state index contributed by atoms with van der Waals surface area (Å²) in [5.74, 6) is -0.332. The molecule has 1 unspecified atom stereocenters. The summed E-state index contributed by atoms with van der Waals surface area (Å²) in [6.07, 6.45) is 0. The van der Waals surface area contributed by atoms with Crippen molar-refractivity contribution in [3.63, 3.8) is 0 Å². The Kier molecular flexibility index (Phi) is 4.15. The van der Waals surface area contributed by atoms with E-state index in [0.717, 1.165) is 4.88 Å². The fourth-order valence-electron chi connectivity index (χ4n) is 1.02. The first-order valence-corrected chi connectivity index (χ1v) is 5.31. The second kappa shape index (κ2) is 5.38. The first-order chi connectivity index (χ1) is 7.19. The van der Waals surface area contributed by atoms with Gasteiger partial charge in [0.2, 0.25) is 0 Å². The van der Waals surface area contributed by atoms with E-state index in [1.807, 2.05) is 0 Å². The topological polar surface area (TPSA) is 75.1 Å². The highest BCUT2D eigenvalue weighted by atomic mass is 32.1. The van der Waals surface area contributed by atoms with Crippen LogP contribution in [0, 0.1) is 0 Å². The summed E-state index contributed by atoms with van der Waals surface area (Å²) >= 11 is 1.29. The number of rotatable bonds is 4. The molecule has 0 aromatic carbocycles. The average molecular weight is 225 g/mol. The monoisotopic (exact) mass is 225 g/mol. The van der Waals surface area contributed by atoms with Crippen molar-refractivity contribution >= 4 is 17.3 Å². The predicted molar refractivity (Wildman–Crippen MR) is 57.8 cm³/mol. The first kappa shape index (κ1) is 11.6. The van der Waals surface area contributed by atoms with Crippen LogP contribution in [-0.2, 0) is 4.74 Å². The van der Waals surface area contributed by atoms with Crippen LogP contribution >= 0.6 is 11.3 Å². The summed E-state index contributed by atoms with van der Waals surface area (Å²) < 4.78 is 4.85. The molecule has 80 valence electrons. The first-order valence-electron chi connectivity index (χ1n) is 4.50. The highest BCUT2D eigenvalue weighted by molar-refractivity contribution is 7.14. The van der Waals surface area contributed by atoms with Gasteiger partial charge in [-0.15, -0.1) is 11.3 Å². The molecule has 1 heterocycles. The minimum Gasteiger partial charge on any atom is -0.462 e. The number of hydrogen-bond donors (Lipinski definition) is 0. The second-order valence-corrected chi connectivity index (χ2v) is 3.92. The molecule has 5 nitrogen and oxygen atoms in total. The number of azide groups is 1. The van der Waals surface area contributed by atoms with Crippen molar-refractivity contribution in [1.82, 2.24) is 0 Å². The van der Waals surface area contributed by atoms with Gasteiger partial charge in [0, 0.05) is 9.79 Å². The SMILES string of the molecule is CCOC(=O)c1ccc(C(C)N=[N+]=[N-])s1. The van der Waals surface area contributed by atoms with Crippen LogP contribution in [0.1, 0.15) is 34.4 Å². The van der Waals surface area contributed by atoms with Crippen molar-refractivity contribution < 1.29 is 9.53 Å². The minimum absolute atomic E-state index is 0.247. The third-order valence-electron chi connectivity index (χ3n) is 1.74. The van der Waals surface area contributed by atoms with E-state index in [-0.39, 0.29) is 12.0 Å². The smallest absolute Gasteiger partial charge is 0.348 e. The van der Waals surface area contributed by atoms with Crippen LogP contribution in [-0.4, -0.2) is 12.6 Å². The molecule has 0 fully saturated rings. The molecule has 1 aromatic heterocycles. The number of hydrogen-bond acceptors (Lipinski definition) is 4. The molecule has 0 spiro atoms. The van der Waals surface area contributed by atoms with Crippen molar-refractivity contribution in [3.8, 4) is 0 Å². The average Bonchev–Trinajstić information content (AvgIpc) is 2.67. The van der Waals surface area contributed by atoms with Gasteiger partial charge in [-0.2, -0.15) is 0 Å². The maximum absolute atomic E-state index is 11.3. The van der Waals surface area contributed by atoms with Crippen molar-refractivity contribution in [2.45, 2.75) is 19.9 Å². The van der Waals surface area contributed by atoms with Gasteiger partial charge in [-0.25, -0.2) is 4.79 Å². The fourth-order valence-corrected chi connectivity index (χ4v) is 1.91. The van der Waals surface area contributed by atoms with Gasteiger partial charge in [0.15, 0.2) is 0 Å². The van der Waals surface area contributed by atoms with E-state index in [1.54, 1.807) is 26.0 Å². The third-order valence-corrected chi connectivity index (χ3v) is 2.98. The Hall–Kier alpha value is -1.52. The van der Waals surface area contributed by atoms with Gasteiger partial charge in [0.05, 0.1) is 12.6 Å². The fraction of sp³-hybridized carbons (Fsp3) is 0.444. The van der Waals surface area contributed by atoms with Crippen LogP contribution in [0.3, 0.4) is 0 Å². The van der Waals surface area contributed by atoms with Crippen LogP contribution in [0.15, 0.2) is 17.2 Å². The molecule has 0 aliphatic heterocycles. The van der Waals surface area contributed by atoms with Crippen molar-refractivity contribution in [1.29, 1.82) is 0 Å². The molecule has 0 bridgehead atoms. The lowest BCUT2D eigenvalue weighted by atomic mass is 10.3. The zero-order valence-corrected chi connectivity index (χ0v) is 9.32. The number of esters is 1. The van der Waals surface area contributed by atoms with E-state index in [4.69, 9.17) is 10.3 Å². The zero-order chi connectivity index (χ0) is 11.3. The highest BCUT2D eigenvalue weighted by Crippen LogP contribution is 2.26. The Morgan fingerprint density at radius 2 is 2.47 bits per heavy atom. The van der Waals surface area contributed by atoms with Crippen LogP contribution in [0.4, 0.5) is 0 Å². The third kappa shape index (κ3) is 2.97. The van der Waals surface area contributed by atoms with Crippen LogP contribution in [0.5, 0.6) is 0 Å². The van der Waals surface area contributed by atoms with E-state index >= 15 is 0 Å².